The maximum Gasteiger partial charge on any atom is 0.272 e. The first-order valence-electron chi connectivity index (χ1n) is 7.82. The van der Waals surface area contributed by atoms with Crippen molar-refractivity contribution in [2.24, 2.45) is 0 Å². The van der Waals surface area contributed by atoms with E-state index in [2.05, 4.69) is 10.3 Å². The molecule has 1 amide bonds. The molecule has 0 aliphatic heterocycles. The zero-order chi connectivity index (χ0) is 15.4. The highest BCUT2D eigenvalue weighted by atomic mass is 16.2. The SMILES string of the molecule is CCN(Cc1ccccc1)C(=O)c1cc(NC2CC2)ccn1. The van der Waals surface area contributed by atoms with E-state index in [-0.39, 0.29) is 5.91 Å². The monoisotopic (exact) mass is 295 g/mol. The quantitative estimate of drug-likeness (QED) is 0.889. The lowest BCUT2D eigenvalue weighted by molar-refractivity contribution is 0.0746. The van der Waals surface area contributed by atoms with Gasteiger partial charge in [0.1, 0.15) is 5.69 Å². The van der Waals surface area contributed by atoms with E-state index < -0.39 is 0 Å². The number of nitrogens with zero attached hydrogens (tertiary/aromatic N) is 2. The van der Waals surface area contributed by atoms with Crippen LogP contribution in [0.15, 0.2) is 48.7 Å². The van der Waals surface area contributed by atoms with Gasteiger partial charge in [-0.3, -0.25) is 9.78 Å². The molecule has 0 radical (unpaired) electrons. The summed E-state index contributed by atoms with van der Waals surface area (Å²) in [6, 6.07) is 14.4. The van der Waals surface area contributed by atoms with E-state index in [1.807, 2.05) is 54.3 Å². The third-order valence-electron chi connectivity index (χ3n) is 3.81. The predicted octanol–water partition coefficient (Wildman–Crippen LogP) is 3.32. The second kappa shape index (κ2) is 6.60. The van der Waals surface area contributed by atoms with Gasteiger partial charge in [0.15, 0.2) is 0 Å². The second-order valence-corrected chi connectivity index (χ2v) is 5.65. The molecule has 1 heterocycles. The van der Waals surface area contributed by atoms with Gasteiger partial charge in [-0.15, -0.1) is 0 Å². The number of benzene rings is 1. The second-order valence-electron chi connectivity index (χ2n) is 5.65. The summed E-state index contributed by atoms with van der Waals surface area (Å²) in [5.74, 6) is -0.0224. The molecule has 1 fully saturated rings. The van der Waals surface area contributed by atoms with Gasteiger partial charge in [0.25, 0.3) is 5.91 Å². The molecule has 4 nitrogen and oxygen atoms in total. The van der Waals surface area contributed by atoms with Gasteiger partial charge in [0.2, 0.25) is 0 Å². The van der Waals surface area contributed by atoms with E-state index in [1.165, 1.54) is 12.8 Å². The van der Waals surface area contributed by atoms with Gasteiger partial charge in [0, 0.05) is 31.0 Å². The molecule has 1 aliphatic carbocycles. The fourth-order valence-corrected chi connectivity index (χ4v) is 2.39. The van der Waals surface area contributed by atoms with Crippen LogP contribution < -0.4 is 5.32 Å². The Morgan fingerprint density at radius 2 is 2.05 bits per heavy atom. The van der Waals surface area contributed by atoms with E-state index >= 15 is 0 Å². The molecule has 0 saturated heterocycles. The van der Waals surface area contributed by atoms with Crippen molar-refractivity contribution < 1.29 is 4.79 Å². The highest BCUT2D eigenvalue weighted by Gasteiger charge is 2.22. The Hall–Kier alpha value is -2.36. The van der Waals surface area contributed by atoms with Gasteiger partial charge in [-0.1, -0.05) is 30.3 Å². The van der Waals surface area contributed by atoms with E-state index in [4.69, 9.17) is 0 Å². The van der Waals surface area contributed by atoms with Gasteiger partial charge in [-0.05, 0) is 37.5 Å². The number of rotatable bonds is 6. The molecule has 0 unspecified atom stereocenters. The zero-order valence-electron chi connectivity index (χ0n) is 12.8. The Balaban J connectivity index is 1.72. The summed E-state index contributed by atoms with van der Waals surface area (Å²) in [6.45, 7) is 3.26. The van der Waals surface area contributed by atoms with E-state index in [1.54, 1.807) is 6.20 Å². The Kier molecular flexibility index (Phi) is 4.37. The molecule has 1 aromatic heterocycles. The van der Waals surface area contributed by atoms with Crippen LogP contribution in [0, 0.1) is 0 Å². The van der Waals surface area contributed by atoms with E-state index in [0.29, 0.717) is 24.8 Å². The van der Waals surface area contributed by atoms with Crippen LogP contribution in [0.5, 0.6) is 0 Å². The predicted molar refractivity (Wildman–Crippen MR) is 87.7 cm³/mol. The van der Waals surface area contributed by atoms with Crippen molar-refractivity contribution >= 4 is 11.6 Å². The minimum Gasteiger partial charge on any atom is -0.382 e. The molecule has 2 aromatic rings. The summed E-state index contributed by atoms with van der Waals surface area (Å²) in [6.07, 6.45) is 4.12. The van der Waals surface area contributed by atoms with Crippen LogP contribution in [0.25, 0.3) is 0 Å². The molecule has 1 N–H and O–H groups in total. The lowest BCUT2D eigenvalue weighted by Gasteiger charge is -2.21. The number of hydrogen-bond acceptors (Lipinski definition) is 3. The molecule has 1 aliphatic rings. The van der Waals surface area contributed by atoms with Gasteiger partial charge in [-0.25, -0.2) is 0 Å². The molecule has 0 spiro atoms. The number of pyridine rings is 1. The molecule has 3 rings (SSSR count). The van der Waals surface area contributed by atoms with Crippen LogP contribution in [-0.2, 0) is 6.54 Å². The maximum absolute atomic E-state index is 12.7. The summed E-state index contributed by atoms with van der Waals surface area (Å²) in [7, 11) is 0. The van der Waals surface area contributed by atoms with Crippen LogP contribution in [0.1, 0.15) is 35.8 Å². The number of amides is 1. The van der Waals surface area contributed by atoms with Crippen LogP contribution >= 0.6 is 0 Å². The Labute approximate surface area is 131 Å². The number of carbonyl (C=O) groups excluding carboxylic acids is 1. The Morgan fingerprint density at radius 1 is 1.27 bits per heavy atom. The van der Waals surface area contributed by atoms with E-state index in [9.17, 15) is 4.79 Å². The fraction of sp³-hybridized carbons (Fsp3) is 0.333. The van der Waals surface area contributed by atoms with Crippen molar-refractivity contribution in [2.45, 2.75) is 32.4 Å². The molecule has 1 saturated carbocycles. The first-order chi connectivity index (χ1) is 10.8. The molecular weight excluding hydrogens is 274 g/mol. The number of hydrogen-bond donors (Lipinski definition) is 1. The standard InChI is InChI=1S/C18H21N3O/c1-2-21(13-14-6-4-3-5-7-14)18(22)17-12-16(10-11-19-17)20-15-8-9-15/h3-7,10-12,15H,2,8-9,13H2,1H3,(H,19,20). The molecule has 4 heteroatoms. The smallest absolute Gasteiger partial charge is 0.272 e. The van der Waals surface area contributed by atoms with Gasteiger partial charge in [-0.2, -0.15) is 0 Å². The number of anilines is 1. The molecule has 0 atom stereocenters. The average Bonchev–Trinajstić information content (AvgIpc) is 3.37. The third-order valence-corrected chi connectivity index (χ3v) is 3.81. The molecule has 0 bridgehead atoms. The number of carbonyl (C=O) groups is 1. The minimum absolute atomic E-state index is 0.0224. The van der Waals surface area contributed by atoms with Crippen molar-refractivity contribution in [3.8, 4) is 0 Å². The lowest BCUT2D eigenvalue weighted by atomic mass is 10.2. The molecule has 22 heavy (non-hydrogen) atoms. The molecule has 114 valence electrons. The van der Waals surface area contributed by atoms with Crippen LogP contribution in [0.3, 0.4) is 0 Å². The third kappa shape index (κ3) is 3.64. The highest BCUT2D eigenvalue weighted by molar-refractivity contribution is 5.93. The van der Waals surface area contributed by atoms with Crippen molar-refractivity contribution in [3.63, 3.8) is 0 Å². The van der Waals surface area contributed by atoms with Crippen molar-refractivity contribution in [2.75, 3.05) is 11.9 Å². The largest absolute Gasteiger partial charge is 0.382 e. The van der Waals surface area contributed by atoms with Crippen molar-refractivity contribution in [1.29, 1.82) is 0 Å². The van der Waals surface area contributed by atoms with Gasteiger partial charge in [0.05, 0.1) is 0 Å². The summed E-state index contributed by atoms with van der Waals surface area (Å²) >= 11 is 0. The summed E-state index contributed by atoms with van der Waals surface area (Å²) in [5.41, 5.74) is 2.62. The first kappa shape index (κ1) is 14.6. The summed E-state index contributed by atoms with van der Waals surface area (Å²) < 4.78 is 0. The first-order valence-corrected chi connectivity index (χ1v) is 7.82. The topological polar surface area (TPSA) is 45.2 Å². The van der Waals surface area contributed by atoms with Crippen molar-refractivity contribution in [3.05, 3.63) is 59.9 Å². The Morgan fingerprint density at radius 3 is 2.73 bits per heavy atom. The summed E-state index contributed by atoms with van der Waals surface area (Å²) in [4.78, 5) is 18.7. The van der Waals surface area contributed by atoms with Crippen LogP contribution in [0.2, 0.25) is 0 Å². The number of aromatic nitrogens is 1. The summed E-state index contributed by atoms with van der Waals surface area (Å²) in [5, 5.41) is 3.41. The van der Waals surface area contributed by atoms with E-state index in [0.717, 1.165) is 11.3 Å². The van der Waals surface area contributed by atoms with Crippen molar-refractivity contribution in [1.82, 2.24) is 9.88 Å². The van der Waals surface area contributed by atoms with Crippen LogP contribution in [0.4, 0.5) is 5.69 Å². The molecular formula is C18H21N3O. The van der Waals surface area contributed by atoms with Gasteiger partial charge >= 0.3 is 0 Å². The highest BCUT2D eigenvalue weighted by Crippen LogP contribution is 2.24. The normalized spacial score (nSPS) is 13.7. The van der Waals surface area contributed by atoms with Crippen LogP contribution in [-0.4, -0.2) is 28.4 Å². The average molecular weight is 295 g/mol. The molecule has 1 aromatic carbocycles. The van der Waals surface area contributed by atoms with Gasteiger partial charge < -0.3 is 10.2 Å². The Bertz CT molecular complexity index is 638. The minimum atomic E-state index is -0.0224. The fourth-order valence-electron chi connectivity index (χ4n) is 2.39. The zero-order valence-corrected chi connectivity index (χ0v) is 12.8. The maximum atomic E-state index is 12.7. The lowest BCUT2D eigenvalue weighted by Crippen LogP contribution is -2.31. The number of nitrogens with one attached hydrogen (secondary N) is 1.